The Balaban J connectivity index is 1.28. The molecule has 13 heteroatoms. The Bertz CT molecular complexity index is 1580. The molecule has 2 saturated heterocycles. The van der Waals surface area contributed by atoms with Crippen LogP contribution < -0.4 is 10.6 Å². The van der Waals surface area contributed by atoms with Gasteiger partial charge in [0.15, 0.2) is 9.84 Å². The minimum Gasteiger partial charge on any atom is -0.365 e. The Morgan fingerprint density at radius 3 is 2.48 bits per heavy atom. The third-order valence-electron chi connectivity index (χ3n) is 8.60. The molecule has 0 bridgehead atoms. The van der Waals surface area contributed by atoms with Crippen molar-refractivity contribution in [2.24, 2.45) is 5.73 Å². The number of carbonyl (C=O) groups excluding carboxylic acids is 1. The number of fused-ring (bicyclic) bond motifs is 1. The topological polar surface area (TPSA) is 126 Å². The standard InChI is InChI=1S/C29H34ClFN6O4S/c1-29(8-12-36(13-9-29)28(38)35-10-2-3-11-35)27-33-26(34-41-27)22-14-24-25(15-23(22)31)42(39,40)18-21(32)17-37(24)16-19-4-6-20(30)7-5-19/h4-7,14-15,21H,2-3,8-13,16-18,32H2,1H3/t21-/m1/s1. The number of likely N-dealkylation sites (tertiary alicyclic amines) is 2. The quantitative estimate of drug-likeness (QED) is 0.462. The molecular weight excluding hydrogens is 583 g/mol. The van der Waals surface area contributed by atoms with Gasteiger partial charge in [-0.1, -0.05) is 35.8 Å². The van der Waals surface area contributed by atoms with E-state index in [2.05, 4.69) is 10.1 Å². The first kappa shape index (κ1) is 28.9. The summed E-state index contributed by atoms with van der Waals surface area (Å²) in [5.74, 6) is -0.646. The van der Waals surface area contributed by atoms with E-state index in [0.717, 1.165) is 37.6 Å². The van der Waals surface area contributed by atoms with Gasteiger partial charge in [-0.3, -0.25) is 0 Å². The van der Waals surface area contributed by atoms with Crippen LogP contribution >= 0.6 is 11.6 Å². The number of halogens is 2. The summed E-state index contributed by atoms with van der Waals surface area (Å²) in [4.78, 5) is 22.9. The van der Waals surface area contributed by atoms with Crippen molar-refractivity contribution in [2.45, 2.75) is 55.5 Å². The molecule has 2 fully saturated rings. The maximum absolute atomic E-state index is 15.6. The van der Waals surface area contributed by atoms with Gasteiger partial charge in [0.1, 0.15) is 5.82 Å². The number of hydrogen-bond acceptors (Lipinski definition) is 8. The summed E-state index contributed by atoms with van der Waals surface area (Å²) >= 11 is 6.05. The summed E-state index contributed by atoms with van der Waals surface area (Å²) < 4.78 is 47.6. The highest BCUT2D eigenvalue weighted by Gasteiger charge is 2.40. The number of piperidine rings is 1. The molecule has 224 valence electrons. The van der Waals surface area contributed by atoms with Crippen molar-refractivity contribution in [1.82, 2.24) is 19.9 Å². The molecule has 42 heavy (non-hydrogen) atoms. The zero-order valence-corrected chi connectivity index (χ0v) is 25.0. The largest absolute Gasteiger partial charge is 0.365 e. The van der Waals surface area contributed by atoms with Gasteiger partial charge in [0, 0.05) is 50.3 Å². The summed E-state index contributed by atoms with van der Waals surface area (Å²) in [5.41, 5.74) is 7.00. The van der Waals surface area contributed by atoms with Gasteiger partial charge in [0.05, 0.1) is 27.3 Å². The fourth-order valence-electron chi connectivity index (χ4n) is 6.07. The van der Waals surface area contributed by atoms with E-state index < -0.39 is 27.1 Å². The second-order valence-electron chi connectivity index (χ2n) is 11.8. The normalized spacial score (nSPS) is 21.7. The summed E-state index contributed by atoms with van der Waals surface area (Å²) in [5, 5.41) is 4.69. The third-order valence-corrected chi connectivity index (χ3v) is 10.7. The average molecular weight is 617 g/mol. The summed E-state index contributed by atoms with van der Waals surface area (Å²) in [6, 6.07) is 9.15. The number of nitrogens with two attached hydrogens (primary N) is 1. The highest BCUT2D eigenvalue weighted by Crippen LogP contribution is 2.39. The van der Waals surface area contributed by atoms with E-state index in [1.165, 1.54) is 6.07 Å². The maximum atomic E-state index is 15.6. The molecule has 1 aromatic heterocycles. The lowest BCUT2D eigenvalue weighted by molar-refractivity contribution is 0.124. The Kier molecular flexibility index (Phi) is 7.65. The number of rotatable bonds is 4. The van der Waals surface area contributed by atoms with Gasteiger partial charge in [-0.25, -0.2) is 17.6 Å². The van der Waals surface area contributed by atoms with Crippen LogP contribution in [0.1, 0.15) is 44.1 Å². The lowest BCUT2D eigenvalue weighted by Crippen LogP contribution is -2.48. The second-order valence-corrected chi connectivity index (χ2v) is 14.2. The van der Waals surface area contributed by atoms with E-state index >= 15 is 4.39 Å². The molecule has 4 heterocycles. The first-order valence-corrected chi connectivity index (χ1v) is 16.3. The molecule has 0 radical (unpaired) electrons. The second kappa shape index (κ2) is 11.1. The Morgan fingerprint density at radius 2 is 1.79 bits per heavy atom. The van der Waals surface area contributed by atoms with Crippen LogP contribution in [0.15, 0.2) is 45.8 Å². The van der Waals surface area contributed by atoms with Crippen LogP contribution in [0.3, 0.4) is 0 Å². The maximum Gasteiger partial charge on any atom is 0.319 e. The first-order valence-electron chi connectivity index (χ1n) is 14.2. The van der Waals surface area contributed by atoms with Crippen LogP contribution in [0.25, 0.3) is 11.4 Å². The molecule has 6 rings (SSSR count). The zero-order chi connectivity index (χ0) is 29.6. The van der Waals surface area contributed by atoms with Crippen LogP contribution in [0.5, 0.6) is 0 Å². The molecule has 0 aliphatic carbocycles. The van der Waals surface area contributed by atoms with Crippen LogP contribution in [0.2, 0.25) is 5.02 Å². The van der Waals surface area contributed by atoms with Crippen molar-refractivity contribution in [3.05, 3.63) is 58.7 Å². The minimum atomic E-state index is -3.85. The Hall–Kier alpha value is -3.22. The molecule has 10 nitrogen and oxygen atoms in total. The number of aromatic nitrogens is 2. The SMILES string of the molecule is CC1(c2nc(-c3cc4c(cc3F)S(=O)(=O)C[C@H](N)CN4Cc3ccc(Cl)cc3)no2)CCN(C(=O)N2CCCC2)CC1. The molecule has 0 spiro atoms. The van der Waals surface area contributed by atoms with Crippen molar-refractivity contribution in [1.29, 1.82) is 0 Å². The van der Waals surface area contributed by atoms with Crippen LogP contribution in [0.4, 0.5) is 14.9 Å². The minimum absolute atomic E-state index is 0.0412. The van der Waals surface area contributed by atoms with E-state index in [1.54, 1.807) is 12.1 Å². The number of amides is 2. The van der Waals surface area contributed by atoms with Crippen molar-refractivity contribution < 1.29 is 22.1 Å². The van der Waals surface area contributed by atoms with Gasteiger partial charge in [0.25, 0.3) is 0 Å². The van der Waals surface area contributed by atoms with E-state index in [-0.39, 0.29) is 34.6 Å². The van der Waals surface area contributed by atoms with Crippen LogP contribution in [-0.4, -0.2) is 78.9 Å². The average Bonchev–Trinajstić information content (AvgIpc) is 3.66. The number of nitrogens with zero attached hydrogens (tertiary/aromatic N) is 5. The number of benzene rings is 2. The number of anilines is 1. The van der Waals surface area contributed by atoms with Crippen molar-refractivity contribution in [2.75, 3.05) is 43.4 Å². The van der Waals surface area contributed by atoms with Crippen LogP contribution in [-0.2, 0) is 21.8 Å². The third kappa shape index (κ3) is 5.59. The fourth-order valence-corrected chi connectivity index (χ4v) is 7.83. The van der Waals surface area contributed by atoms with E-state index in [1.807, 2.05) is 33.8 Å². The first-order chi connectivity index (χ1) is 20.0. The Labute approximate surface area is 249 Å². The molecule has 2 aromatic carbocycles. The lowest BCUT2D eigenvalue weighted by atomic mass is 9.80. The lowest BCUT2D eigenvalue weighted by Gasteiger charge is -2.38. The summed E-state index contributed by atoms with van der Waals surface area (Å²) in [6.07, 6.45) is 3.34. The molecule has 1 atom stereocenters. The molecule has 3 aliphatic heterocycles. The van der Waals surface area contributed by atoms with E-state index in [4.69, 9.17) is 21.9 Å². The molecule has 0 unspecified atom stereocenters. The van der Waals surface area contributed by atoms with Gasteiger partial charge < -0.3 is 25.0 Å². The molecule has 2 N–H and O–H groups in total. The highest BCUT2D eigenvalue weighted by molar-refractivity contribution is 7.91. The van der Waals surface area contributed by atoms with E-state index in [9.17, 15) is 13.2 Å². The Morgan fingerprint density at radius 1 is 1.12 bits per heavy atom. The molecule has 0 saturated carbocycles. The number of urea groups is 1. The van der Waals surface area contributed by atoms with Crippen molar-refractivity contribution in [3.8, 4) is 11.4 Å². The highest BCUT2D eigenvalue weighted by atomic mass is 35.5. The van der Waals surface area contributed by atoms with Crippen molar-refractivity contribution in [3.63, 3.8) is 0 Å². The predicted molar refractivity (Wildman–Crippen MR) is 157 cm³/mol. The molecule has 3 aliphatic rings. The predicted octanol–water partition coefficient (Wildman–Crippen LogP) is 4.22. The fraction of sp³-hybridized carbons (Fsp3) is 0.483. The zero-order valence-electron chi connectivity index (χ0n) is 23.4. The van der Waals surface area contributed by atoms with E-state index in [0.29, 0.717) is 49.1 Å². The van der Waals surface area contributed by atoms with Gasteiger partial charge in [-0.2, -0.15) is 4.98 Å². The number of sulfone groups is 1. The summed E-state index contributed by atoms with van der Waals surface area (Å²) in [6.45, 7) is 5.34. The number of hydrogen-bond donors (Lipinski definition) is 1. The molecular formula is C29H34ClFN6O4S. The monoisotopic (exact) mass is 616 g/mol. The van der Waals surface area contributed by atoms with Gasteiger partial charge in [0.2, 0.25) is 11.7 Å². The molecule has 2 amide bonds. The number of carbonyl (C=O) groups is 1. The summed E-state index contributed by atoms with van der Waals surface area (Å²) in [7, 11) is -3.85. The molecule has 3 aromatic rings. The van der Waals surface area contributed by atoms with Crippen molar-refractivity contribution >= 4 is 33.2 Å². The van der Waals surface area contributed by atoms with Crippen LogP contribution in [0, 0.1) is 5.82 Å². The van der Waals surface area contributed by atoms with Gasteiger partial charge in [-0.05, 0) is 55.5 Å². The van der Waals surface area contributed by atoms with Gasteiger partial charge >= 0.3 is 6.03 Å². The van der Waals surface area contributed by atoms with Gasteiger partial charge in [-0.15, -0.1) is 0 Å². The smallest absolute Gasteiger partial charge is 0.319 e.